The fraction of sp³-hybridized carbons (Fsp3) is 0.222. The molecule has 1 aliphatic rings. The molecule has 1 heterocycles. The number of hydrogen-bond acceptors (Lipinski definition) is 4. The van der Waals surface area contributed by atoms with Crippen molar-refractivity contribution in [1.82, 2.24) is 4.90 Å². The van der Waals surface area contributed by atoms with Gasteiger partial charge in [0.25, 0.3) is 11.8 Å². The van der Waals surface area contributed by atoms with Crippen LogP contribution in [0.15, 0.2) is 78.9 Å². The van der Waals surface area contributed by atoms with E-state index in [0.717, 1.165) is 11.1 Å². The Balaban J connectivity index is 1.72. The fourth-order valence-electron chi connectivity index (χ4n) is 4.16. The minimum atomic E-state index is -0.899. The number of imide groups is 1. The van der Waals surface area contributed by atoms with Gasteiger partial charge in [0.2, 0.25) is 5.91 Å². The molecule has 6 heteroatoms. The van der Waals surface area contributed by atoms with Gasteiger partial charge in [-0.1, -0.05) is 48.0 Å². The van der Waals surface area contributed by atoms with Gasteiger partial charge < -0.3 is 9.64 Å². The molecule has 0 aliphatic carbocycles. The lowest BCUT2D eigenvalue weighted by Crippen LogP contribution is -2.46. The Hall–Kier alpha value is -3.93. The molecular weight excluding hydrogens is 416 g/mol. The zero-order valence-corrected chi connectivity index (χ0v) is 18.9. The lowest BCUT2D eigenvalue weighted by Gasteiger charge is -2.33. The number of aryl methyl sites for hydroxylation is 1. The summed E-state index contributed by atoms with van der Waals surface area (Å²) in [5.41, 5.74) is 2.85. The first-order valence-corrected chi connectivity index (χ1v) is 10.9. The van der Waals surface area contributed by atoms with Gasteiger partial charge in [0.15, 0.2) is 0 Å². The van der Waals surface area contributed by atoms with Crippen molar-refractivity contribution in [2.45, 2.75) is 32.4 Å². The molecule has 33 heavy (non-hydrogen) atoms. The summed E-state index contributed by atoms with van der Waals surface area (Å²) >= 11 is 0. The van der Waals surface area contributed by atoms with E-state index in [4.69, 9.17) is 4.74 Å². The number of hydrogen-bond donors (Lipinski definition) is 0. The van der Waals surface area contributed by atoms with E-state index in [0.29, 0.717) is 17.0 Å². The molecule has 3 aromatic rings. The Bertz CT molecular complexity index is 1160. The van der Waals surface area contributed by atoms with Crippen LogP contribution >= 0.6 is 0 Å². The maximum Gasteiger partial charge on any atom is 0.257 e. The van der Waals surface area contributed by atoms with Gasteiger partial charge in [-0.2, -0.15) is 0 Å². The molecule has 0 bridgehead atoms. The minimum absolute atomic E-state index is 0.0637. The number of rotatable bonds is 6. The van der Waals surface area contributed by atoms with Gasteiger partial charge >= 0.3 is 0 Å². The zero-order chi connectivity index (χ0) is 23.5. The second-order valence-corrected chi connectivity index (χ2v) is 8.15. The summed E-state index contributed by atoms with van der Waals surface area (Å²) in [5, 5.41) is 0. The number of benzene rings is 3. The van der Waals surface area contributed by atoms with Crippen LogP contribution in [0.1, 0.15) is 40.9 Å². The quantitative estimate of drug-likeness (QED) is 0.526. The molecule has 0 saturated carbocycles. The Morgan fingerprint density at radius 3 is 2.21 bits per heavy atom. The number of anilines is 1. The second kappa shape index (κ2) is 9.28. The summed E-state index contributed by atoms with van der Waals surface area (Å²) < 4.78 is 5.20. The SMILES string of the molecule is COc1ccc(C(=O)N(C2CC(=O)N(c3ccc(C)cc3)C2=O)C(C)c2ccccc2)cc1. The van der Waals surface area contributed by atoms with Crippen molar-refractivity contribution < 1.29 is 19.1 Å². The van der Waals surface area contributed by atoms with Crippen LogP contribution in [0.5, 0.6) is 5.75 Å². The largest absolute Gasteiger partial charge is 0.497 e. The molecule has 4 rings (SSSR count). The van der Waals surface area contributed by atoms with Crippen molar-refractivity contribution in [1.29, 1.82) is 0 Å². The van der Waals surface area contributed by atoms with Crippen LogP contribution < -0.4 is 9.64 Å². The van der Waals surface area contributed by atoms with Crippen molar-refractivity contribution in [3.8, 4) is 5.75 Å². The summed E-state index contributed by atoms with van der Waals surface area (Å²) in [5.74, 6) is -0.395. The van der Waals surface area contributed by atoms with Crippen LogP contribution in [0, 0.1) is 6.92 Å². The molecule has 6 nitrogen and oxygen atoms in total. The monoisotopic (exact) mass is 442 g/mol. The number of nitrogens with zero attached hydrogens (tertiary/aromatic N) is 2. The normalized spacial score (nSPS) is 16.6. The molecule has 0 radical (unpaired) electrons. The molecule has 168 valence electrons. The van der Waals surface area contributed by atoms with Crippen molar-refractivity contribution in [2.75, 3.05) is 12.0 Å². The summed E-state index contributed by atoms with van der Waals surface area (Å²) in [6.45, 7) is 3.82. The van der Waals surface area contributed by atoms with Crippen LogP contribution in [0.25, 0.3) is 0 Å². The van der Waals surface area contributed by atoms with Crippen LogP contribution in [0.2, 0.25) is 0 Å². The lowest BCUT2D eigenvalue weighted by molar-refractivity contribution is -0.122. The molecule has 1 fully saturated rings. The standard InChI is InChI=1S/C27H26N2O4/c1-18-9-13-22(14-10-18)29-25(30)17-24(27(29)32)28(19(2)20-7-5-4-6-8-20)26(31)21-11-15-23(33-3)16-12-21/h4-16,19,24H,17H2,1-3H3. The Morgan fingerprint density at radius 1 is 0.970 bits per heavy atom. The van der Waals surface area contributed by atoms with Crippen molar-refractivity contribution in [2.24, 2.45) is 0 Å². The highest BCUT2D eigenvalue weighted by atomic mass is 16.5. The molecule has 2 atom stereocenters. The van der Waals surface area contributed by atoms with Gasteiger partial charge in [0, 0.05) is 5.56 Å². The lowest BCUT2D eigenvalue weighted by atomic mass is 10.0. The Labute approximate surface area is 193 Å². The van der Waals surface area contributed by atoms with E-state index < -0.39 is 18.0 Å². The van der Waals surface area contributed by atoms with Gasteiger partial charge in [-0.25, -0.2) is 4.90 Å². The van der Waals surface area contributed by atoms with E-state index in [-0.39, 0.29) is 18.2 Å². The second-order valence-electron chi connectivity index (χ2n) is 8.15. The maximum absolute atomic E-state index is 13.7. The topological polar surface area (TPSA) is 66.9 Å². The third-order valence-electron chi connectivity index (χ3n) is 6.02. The molecule has 3 amide bonds. The highest BCUT2D eigenvalue weighted by molar-refractivity contribution is 6.23. The van der Waals surface area contributed by atoms with E-state index in [1.807, 2.05) is 56.3 Å². The number of carbonyl (C=O) groups excluding carboxylic acids is 3. The third-order valence-corrected chi connectivity index (χ3v) is 6.02. The van der Waals surface area contributed by atoms with Gasteiger partial charge in [-0.05, 0) is 55.8 Å². The molecule has 0 N–H and O–H groups in total. The Morgan fingerprint density at radius 2 is 1.61 bits per heavy atom. The van der Waals surface area contributed by atoms with E-state index in [1.54, 1.807) is 43.5 Å². The molecular formula is C27H26N2O4. The number of ether oxygens (including phenoxy) is 1. The van der Waals surface area contributed by atoms with Gasteiger partial charge in [0.05, 0.1) is 25.3 Å². The summed E-state index contributed by atoms with van der Waals surface area (Å²) in [4.78, 5) is 42.9. The first-order valence-electron chi connectivity index (χ1n) is 10.9. The number of carbonyl (C=O) groups is 3. The van der Waals surface area contributed by atoms with Gasteiger partial charge in [-0.3, -0.25) is 14.4 Å². The van der Waals surface area contributed by atoms with Crippen molar-refractivity contribution in [3.63, 3.8) is 0 Å². The first-order chi connectivity index (χ1) is 15.9. The highest BCUT2D eigenvalue weighted by Crippen LogP contribution is 2.32. The summed E-state index contributed by atoms with van der Waals surface area (Å²) in [6.07, 6.45) is -0.0637. The summed E-state index contributed by atoms with van der Waals surface area (Å²) in [6, 6.07) is 22.2. The van der Waals surface area contributed by atoms with E-state index in [1.165, 1.54) is 9.80 Å². The maximum atomic E-state index is 13.7. The molecule has 1 saturated heterocycles. The van der Waals surface area contributed by atoms with Crippen molar-refractivity contribution in [3.05, 3.63) is 95.6 Å². The number of amides is 3. The van der Waals surface area contributed by atoms with Crippen LogP contribution in [0.3, 0.4) is 0 Å². The number of methoxy groups -OCH3 is 1. The third kappa shape index (κ3) is 4.37. The predicted molar refractivity (Wildman–Crippen MR) is 126 cm³/mol. The van der Waals surface area contributed by atoms with Gasteiger partial charge in [0.1, 0.15) is 11.8 Å². The average Bonchev–Trinajstić information content (AvgIpc) is 3.13. The minimum Gasteiger partial charge on any atom is -0.497 e. The first kappa shape index (κ1) is 22.3. The zero-order valence-electron chi connectivity index (χ0n) is 18.9. The van der Waals surface area contributed by atoms with Crippen molar-refractivity contribution >= 4 is 23.4 Å². The molecule has 0 spiro atoms. The van der Waals surface area contributed by atoms with E-state index >= 15 is 0 Å². The Kier molecular flexibility index (Phi) is 6.27. The van der Waals surface area contributed by atoms with E-state index in [2.05, 4.69) is 0 Å². The summed E-state index contributed by atoms with van der Waals surface area (Å²) in [7, 11) is 1.56. The van der Waals surface area contributed by atoms with Crippen LogP contribution in [-0.4, -0.2) is 35.8 Å². The van der Waals surface area contributed by atoms with Crippen LogP contribution in [-0.2, 0) is 9.59 Å². The molecule has 3 aromatic carbocycles. The molecule has 0 aromatic heterocycles. The average molecular weight is 443 g/mol. The van der Waals surface area contributed by atoms with Gasteiger partial charge in [-0.15, -0.1) is 0 Å². The molecule has 1 aliphatic heterocycles. The van der Waals surface area contributed by atoms with Crippen LogP contribution in [0.4, 0.5) is 5.69 Å². The highest BCUT2D eigenvalue weighted by Gasteiger charge is 2.46. The smallest absolute Gasteiger partial charge is 0.257 e. The predicted octanol–water partition coefficient (Wildman–Crippen LogP) is 4.54. The fourth-order valence-corrected chi connectivity index (χ4v) is 4.16. The van der Waals surface area contributed by atoms with E-state index in [9.17, 15) is 14.4 Å². The molecule has 2 unspecified atom stereocenters.